The maximum atomic E-state index is 8.48. The monoisotopic (exact) mass is 143 g/mol. The number of aromatic nitrogens is 1. The van der Waals surface area contributed by atoms with Crippen LogP contribution in [0, 0.1) is 6.92 Å². The molecule has 1 aromatic heterocycles. The second kappa shape index (κ2) is 4.99. The van der Waals surface area contributed by atoms with Gasteiger partial charge in [-0.15, -0.1) is 0 Å². The van der Waals surface area contributed by atoms with Gasteiger partial charge in [0.25, 0.3) is 0 Å². The van der Waals surface area contributed by atoms with Crippen LogP contribution in [0.15, 0.2) is 10.8 Å². The minimum Gasteiger partial charge on any atom is -0.448 e. The van der Waals surface area contributed by atoms with E-state index in [1.165, 1.54) is 6.39 Å². The largest absolute Gasteiger partial charge is 0.448 e. The molecule has 1 aromatic rings. The van der Waals surface area contributed by atoms with Crippen LogP contribution in [-0.2, 0) is 6.61 Å². The maximum absolute atomic E-state index is 8.48. The van der Waals surface area contributed by atoms with E-state index >= 15 is 0 Å². The molecule has 1 rings (SSSR count). The number of hydrogen-bond donors (Lipinski definition) is 1. The molecule has 1 heterocycles. The Hall–Kier alpha value is -0.830. The first-order valence-electron chi connectivity index (χ1n) is 3.34. The second-order valence-corrected chi connectivity index (χ2v) is 1.51. The van der Waals surface area contributed by atoms with Crippen molar-refractivity contribution in [3.63, 3.8) is 0 Å². The minimum atomic E-state index is -0.0394. The third kappa shape index (κ3) is 2.19. The van der Waals surface area contributed by atoms with Crippen LogP contribution in [0.25, 0.3) is 0 Å². The van der Waals surface area contributed by atoms with Crippen molar-refractivity contribution in [3.8, 4) is 0 Å². The summed E-state index contributed by atoms with van der Waals surface area (Å²) >= 11 is 0. The lowest BCUT2D eigenvalue weighted by Gasteiger charge is -1.83. The van der Waals surface area contributed by atoms with Crippen molar-refractivity contribution < 1.29 is 9.52 Å². The Balaban J connectivity index is 0.000000371. The van der Waals surface area contributed by atoms with E-state index in [2.05, 4.69) is 4.98 Å². The van der Waals surface area contributed by atoms with Gasteiger partial charge in [-0.3, -0.25) is 0 Å². The third-order valence-electron chi connectivity index (χ3n) is 0.994. The highest BCUT2D eigenvalue weighted by Gasteiger charge is 1.97. The molecule has 3 nitrogen and oxygen atoms in total. The molecule has 10 heavy (non-hydrogen) atoms. The Morgan fingerprint density at radius 3 is 2.40 bits per heavy atom. The zero-order valence-corrected chi connectivity index (χ0v) is 6.59. The summed E-state index contributed by atoms with van der Waals surface area (Å²) in [5.41, 5.74) is 0.616. The highest BCUT2D eigenvalue weighted by Crippen LogP contribution is 2.02. The molecule has 3 heteroatoms. The first kappa shape index (κ1) is 9.17. The molecule has 0 amide bonds. The van der Waals surface area contributed by atoms with Crippen molar-refractivity contribution in [2.24, 2.45) is 0 Å². The van der Waals surface area contributed by atoms with Gasteiger partial charge in [-0.1, -0.05) is 13.8 Å². The molecule has 0 aliphatic heterocycles. The molecule has 0 unspecified atom stereocenters. The summed E-state index contributed by atoms with van der Waals surface area (Å²) in [4.78, 5) is 3.72. The van der Waals surface area contributed by atoms with Crippen LogP contribution in [0.1, 0.15) is 25.3 Å². The van der Waals surface area contributed by atoms with Crippen molar-refractivity contribution in [1.29, 1.82) is 0 Å². The fourth-order valence-corrected chi connectivity index (χ4v) is 0.480. The number of nitrogens with zero attached hydrogens (tertiary/aromatic N) is 1. The number of oxazole rings is 1. The van der Waals surface area contributed by atoms with Crippen LogP contribution >= 0.6 is 0 Å². The summed E-state index contributed by atoms with van der Waals surface area (Å²) in [5, 5.41) is 8.48. The van der Waals surface area contributed by atoms with Crippen molar-refractivity contribution in [2.75, 3.05) is 0 Å². The van der Waals surface area contributed by atoms with Gasteiger partial charge in [-0.05, 0) is 6.92 Å². The van der Waals surface area contributed by atoms with Gasteiger partial charge in [0, 0.05) is 0 Å². The van der Waals surface area contributed by atoms with E-state index in [0.717, 1.165) is 0 Å². The van der Waals surface area contributed by atoms with E-state index < -0.39 is 0 Å². The first-order valence-corrected chi connectivity index (χ1v) is 3.34. The molecule has 0 saturated carbocycles. The summed E-state index contributed by atoms with van der Waals surface area (Å²) in [7, 11) is 0. The second-order valence-electron chi connectivity index (χ2n) is 1.51. The number of aliphatic hydroxyl groups is 1. The van der Waals surface area contributed by atoms with Crippen LogP contribution in [0.4, 0.5) is 0 Å². The molecule has 0 atom stereocenters. The normalized spacial score (nSPS) is 8.40. The van der Waals surface area contributed by atoms with E-state index in [1.54, 1.807) is 6.92 Å². The molecular weight excluding hydrogens is 130 g/mol. The molecule has 0 spiro atoms. The van der Waals surface area contributed by atoms with Crippen molar-refractivity contribution >= 4 is 0 Å². The number of aliphatic hydroxyl groups excluding tert-OH is 1. The van der Waals surface area contributed by atoms with Crippen molar-refractivity contribution in [3.05, 3.63) is 17.8 Å². The number of aryl methyl sites for hydroxylation is 1. The lowest BCUT2D eigenvalue weighted by molar-refractivity contribution is 0.275. The Morgan fingerprint density at radius 2 is 2.20 bits per heavy atom. The van der Waals surface area contributed by atoms with Gasteiger partial charge in [0.05, 0.1) is 6.61 Å². The van der Waals surface area contributed by atoms with Gasteiger partial charge < -0.3 is 9.52 Å². The van der Waals surface area contributed by atoms with Crippen molar-refractivity contribution in [2.45, 2.75) is 27.4 Å². The third-order valence-corrected chi connectivity index (χ3v) is 0.994. The molecule has 0 saturated heterocycles. The van der Waals surface area contributed by atoms with E-state index in [4.69, 9.17) is 9.52 Å². The molecule has 0 aliphatic rings. The predicted molar refractivity (Wildman–Crippen MR) is 38.5 cm³/mol. The summed E-state index contributed by atoms with van der Waals surface area (Å²) < 4.78 is 4.78. The minimum absolute atomic E-state index is 0.0394. The lowest BCUT2D eigenvalue weighted by atomic mass is 10.4. The molecule has 0 bridgehead atoms. The Bertz CT molecular complexity index is 172. The molecule has 0 aromatic carbocycles. The molecule has 0 aliphatic carbocycles. The summed E-state index contributed by atoms with van der Waals surface area (Å²) in [6.07, 6.45) is 1.32. The Kier molecular flexibility index (Phi) is 4.58. The highest BCUT2D eigenvalue weighted by atomic mass is 16.3. The molecular formula is C7H13NO2. The molecule has 0 fully saturated rings. The SMILES string of the molecule is CC.Cc1ocnc1CO. The molecule has 1 N–H and O–H groups in total. The zero-order valence-electron chi connectivity index (χ0n) is 6.59. The first-order chi connectivity index (χ1) is 4.84. The van der Waals surface area contributed by atoms with Crippen LogP contribution < -0.4 is 0 Å². The smallest absolute Gasteiger partial charge is 0.181 e. The molecule has 0 radical (unpaired) electrons. The summed E-state index contributed by atoms with van der Waals surface area (Å²) in [5.74, 6) is 0.688. The van der Waals surface area contributed by atoms with E-state index in [0.29, 0.717) is 11.5 Å². The Labute approximate surface area is 60.7 Å². The van der Waals surface area contributed by atoms with E-state index in [1.807, 2.05) is 13.8 Å². The standard InChI is InChI=1S/C5H7NO2.C2H6/c1-4-5(2-7)6-3-8-4;1-2/h3,7H,2H2,1H3;1-2H3. The maximum Gasteiger partial charge on any atom is 0.181 e. The molecule has 58 valence electrons. The van der Waals surface area contributed by atoms with Crippen molar-refractivity contribution in [1.82, 2.24) is 4.98 Å². The van der Waals surface area contributed by atoms with Crippen LogP contribution in [0.2, 0.25) is 0 Å². The van der Waals surface area contributed by atoms with Gasteiger partial charge >= 0.3 is 0 Å². The van der Waals surface area contributed by atoms with E-state index in [9.17, 15) is 0 Å². The summed E-state index contributed by atoms with van der Waals surface area (Å²) in [6, 6.07) is 0. The van der Waals surface area contributed by atoms with Gasteiger partial charge in [0.1, 0.15) is 11.5 Å². The van der Waals surface area contributed by atoms with Crippen LogP contribution in [0.3, 0.4) is 0 Å². The highest BCUT2D eigenvalue weighted by molar-refractivity contribution is 5.02. The quantitative estimate of drug-likeness (QED) is 0.648. The van der Waals surface area contributed by atoms with Gasteiger partial charge in [-0.25, -0.2) is 4.98 Å². The number of hydrogen-bond acceptors (Lipinski definition) is 3. The van der Waals surface area contributed by atoms with Gasteiger partial charge in [0.2, 0.25) is 0 Å². The van der Waals surface area contributed by atoms with Gasteiger partial charge in [0.15, 0.2) is 6.39 Å². The van der Waals surface area contributed by atoms with Crippen LogP contribution in [0.5, 0.6) is 0 Å². The van der Waals surface area contributed by atoms with Crippen LogP contribution in [-0.4, -0.2) is 10.1 Å². The average Bonchev–Trinajstić information content (AvgIpc) is 2.39. The van der Waals surface area contributed by atoms with E-state index in [-0.39, 0.29) is 6.61 Å². The zero-order chi connectivity index (χ0) is 7.98. The summed E-state index contributed by atoms with van der Waals surface area (Å²) in [6.45, 7) is 5.72. The Morgan fingerprint density at radius 1 is 1.60 bits per heavy atom. The predicted octanol–water partition coefficient (Wildman–Crippen LogP) is 1.50. The topological polar surface area (TPSA) is 46.3 Å². The lowest BCUT2D eigenvalue weighted by Crippen LogP contribution is -1.83. The fourth-order valence-electron chi connectivity index (χ4n) is 0.480. The fraction of sp³-hybridized carbons (Fsp3) is 0.571. The number of rotatable bonds is 1. The average molecular weight is 143 g/mol. The van der Waals surface area contributed by atoms with Gasteiger partial charge in [-0.2, -0.15) is 0 Å².